The lowest BCUT2D eigenvalue weighted by atomic mass is 9.98. The van der Waals surface area contributed by atoms with Crippen molar-refractivity contribution in [2.45, 2.75) is 40.5 Å². The second kappa shape index (κ2) is 7.74. The molecule has 108 valence electrons. The van der Waals surface area contributed by atoms with Crippen LogP contribution in [-0.4, -0.2) is 31.8 Å². The Morgan fingerprint density at radius 1 is 1.17 bits per heavy atom. The van der Waals surface area contributed by atoms with Gasteiger partial charge in [0.15, 0.2) is 0 Å². The highest BCUT2D eigenvalue weighted by molar-refractivity contribution is 7.89. The molecule has 5 nitrogen and oxygen atoms in total. The monoisotopic (exact) mass is 279 g/mol. The van der Waals surface area contributed by atoms with Crippen molar-refractivity contribution >= 4 is 16.0 Å². The molecule has 0 aromatic carbocycles. The maximum atomic E-state index is 11.6. The number of nitrogens with one attached hydrogen (secondary N) is 1. The third kappa shape index (κ3) is 8.47. The van der Waals surface area contributed by atoms with E-state index < -0.39 is 21.9 Å². The molecule has 6 heteroatoms. The Morgan fingerprint density at radius 2 is 1.72 bits per heavy atom. The molecule has 0 heterocycles. The normalized spacial score (nSPS) is 14.1. The van der Waals surface area contributed by atoms with Crippen molar-refractivity contribution in [2.75, 3.05) is 12.3 Å². The Bertz CT molecular complexity index is 349. The third-order valence-corrected chi connectivity index (χ3v) is 4.00. The highest BCUT2D eigenvalue weighted by Crippen LogP contribution is 2.11. The summed E-state index contributed by atoms with van der Waals surface area (Å²) in [5, 5.41) is 9.00. The fourth-order valence-electron chi connectivity index (χ4n) is 1.53. The Balaban J connectivity index is 4.29. The van der Waals surface area contributed by atoms with Crippen LogP contribution >= 0.6 is 0 Å². The molecule has 0 spiro atoms. The Kier molecular flexibility index (Phi) is 7.47. The average Bonchev–Trinajstić information content (AvgIpc) is 2.21. The van der Waals surface area contributed by atoms with Gasteiger partial charge in [-0.15, -0.1) is 0 Å². The molecule has 0 bridgehead atoms. The molecule has 0 aliphatic carbocycles. The molecule has 0 aromatic rings. The lowest BCUT2D eigenvalue weighted by Crippen LogP contribution is -2.35. The second-order valence-electron chi connectivity index (χ2n) is 5.51. The number of carboxylic acids is 1. The lowest BCUT2D eigenvalue weighted by Gasteiger charge is -2.15. The van der Waals surface area contributed by atoms with Crippen molar-refractivity contribution in [3.8, 4) is 0 Å². The van der Waals surface area contributed by atoms with Gasteiger partial charge in [-0.2, -0.15) is 0 Å². The summed E-state index contributed by atoms with van der Waals surface area (Å²) < 4.78 is 25.7. The van der Waals surface area contributed by atoms with Crippen LogP contribution in [0, 0.1) is 17.8 Å². The zero-order chi connectivity index (χ0) is 14.3. The molecule has 0 radical (unpaired) electrons. The van der Waals surface area contributed by atoms with Crippen LogP contribution in [0.4, 0.5) is 0 Å². The fourth-order valence-corrected chi connectivity index (χ4v) is 2.91. The maximum Gasteiger partial charge on any atom is 0.307 e. The molecule has 0 rings (SSSR count). The number of carbonyl (C=O) groups is 1. The molecule has 0 aliphatic heterocycles. The van der Waals surface area contributed by atoms with Crippen LogP contribution in [0.3, 0.4) is 0 Å². The van der Waals surface area contributed by atoms with Crippen molar-refractivity contribution in [3.63, 3.8) is 0 Å². The van der Waals surface area contributed by atoms with Crippen LogP contribution in [-0.2, 0) is 14.8 Å². The summed E-state index contributed by atoms with van der Waals surface area (Å²) in [6.45, 7) is 7.73. The van der Waals surface area contributed by atoms with Gasteiger partial charge in [0.2, 0.25) is 10.0 Å². The van der Waals surface area contributed by atoms with Gasteiger partial charge in [0.05, 0.1) is 11.7 Å². The van der Waals surface area contributed by atoms with Gasteiger partial charge in [-0.1, -0.05) is 27.7 Å². The number of carboxylic acid groups (broad SMARTS) is 1. The van der Waals surface area contributed by atoms with E-state index in [9.17, 15) is 13.2 Å². The summed E-state index contributed by atoms with van der Waals surface area (Å²) in [5.41, 5.74) is 0. The fraction of sp³-hybridized carbons (Fsp3) is 0.917. The van der Waals surface area contributed by atoms with E-state index in [0.717, 1.165) is 0 Å². The summed E-state index contributed by atoms with van der Waals surface area (Å²) in [6, 6.07) is 0. The van der Waals surface area contributed by atoms with Crippen molar-refractivity contribution in [2.24, 2.45) is 17.8 Å². The largest absolute Gasteiger partial charge is 0.481 e. The Hall–Kier alpha value is -0.620. The Labute approximate surface area is 110 Å². The molecule has 18 heavy (non-hydrogen) atoms. The minimum atomic E-state index is -3.35. The molecule has 0 fully saturated rings. The minimum Gasteiger partial charge on any atom is -0.481 e. The van der Waals surface area contributed by atoms with Crippen molar-refractivity contribution in [1.29, 1.82) is 0 Å². The first-order valence-corrected chi connectivity index (χ1v) is 7.99. The van der Waals surface area contributed by atoms with E-state index in [0.29, 0.717) is 18.8 Å². The van der Waals surface area contributed by atoms with Gasteiger partial charge in [-0.25, -0.2) is 13.1 Å². The summed E-state index contributed by atoms with van der Waals surface area (Å²) in [7, 11) is -3.35. The van der Waals surface area contributed by atoms with Gasteiger partial charge in [0.1, 0.15) is 0 Å². The molecule has 0 saturated carbocycles. The molecule has 1 unspecified atom stereocenters. The number of hydrogen-bond acceptors (Lipinski definition) is 3. The van der Waals surface area contributed by atoms with E-state index in [4.69, 9.17) is 5.11 Å². The molecule has 0 amide bonds. The maximum absolute atomic E-state index is 11.6. The van der Waals surface area contributed by atoms with E-state index in [1.54, 1.807) is 0 Å². The second-order valence-corrected chi connectivity index (χ2v) is 7.44. The standard InChI is InChI=1S/C12H25NO4S/c1-9(2)5-6-18(16,17)13-8-11(12(14)15)7-10(3)4/h9-11,13H,5-8H2,1-4H3,(H,14,15). The quantitative estimate of drug-likeness (QED) is 0.673. The first kappa shape index (κ1) is 17.4. The molecule has 0 saturated heterocycles. The van der Waals surface area contributed by atoms with Gasteiger partial charge < -0.3 is 5.11 Å². The third-order valence-electron chi connectivity index (χ3n) is 2.62. The van der Waals surface area contributed by atoms with Gasteiger partial charge in [-0.05, 0) is 24.7 Å². The van der Waals surface area contributed by atoms with Gasteiger partial charge in [-0.3, -0.25) is 4.79 Å². The Morgan fingerprint density at radius 3 is 2.11 bits per heavy atom. The van der Waals surface area contributed by atoms with Gasteiger partial charge >= 0.3 is 5.97 Å². The van der Waals surface area contributed by atoms with Crippen LogP contribution in [0.25, 0.3) is 0 Å². The first-order chi connectivity index (χ1) is 8.14. The predicted molar refractivity (Wildman–Crippen MR) is 71.8 cm³/mol. The first-order valence-electron chi connectivity index (χ1n) is 6.34. The van der Waals surface area contributed by atoms with Crippen molar-refractivity contribution in [1.82, 2.24) is 4.72 Å². The summed E-state index contributed by atoms with van der Waals surface area (Å²) in [6.07, 6.45) is 1.05. The van der Waals surface area contributed by atoms with Crippen LogP contribution in [0.15, 0.2) is 0 Å². The van der Waals surface area contributed by atoms with Gasteiger partial charge in [0, 0.05) is 6.54 Å². The van der Waals surface area contributed by atoms with Crippen LogP contribution in [0.5, 0.6) is 0 Å². The summed E-state index contributed by atoms with van der Waals surface area (Å²) >= 11 is 0. The van der Waals surface area contributed by atoms with E-state index in [2.05, 4.69) is 4.72 Å². The molecule has 1 atom stereocenters. The zero-order valence-corrected chi connectivity index (χ0v) is 12.5. The summed E-state index contributed by atoms with van der Waals surface area (Å²) in [4.78, 5) is 11.0. The summed E-state index contributed by atoms with van der Waals surface area (Å²) in [5.74, 6) is -1.01. The number of sulfonamides is 1. The van der Waals surface area contributed by atoms with Crippen LogP contribution in [0.1, 0.15) is 40.5 Å². The van der Waals surface area contributed by atoms with Gasteiger partial charge in [0.25, 0.3) is 0 Å². The molecule has 0 aliphatic rings. The number of hydrogen-bond donors (Lipinski definition) is 2. The highest BCUT2D eigenvalue weighted by atomic mass is 32.2. The van der Waals surface area contributed by atoms with E-state index in [1.165, 1.54) is 0 Å². The SMILES string of the molecule is CC(C)CCS(=O)(=O)NCC(CC(C)C)C(=O)O. The van der Waals surface area contributed by atoms with E-state index >= 15 is 0 Å². The smallest absolute Gasteiger partial charge is 0.307 e. The lowest BCUT2D eigenvalue weighted by molar-refractivity contribution is -0.142. The average molecular weight is 279 g/mol. The minimum absolute atomic E-state index is 0.0199. The van der Waals surface area contributed by atoms with Crippen molar-refractivity contribution in [3.05, 3.63) is 0 Å². The number of rotatable bonds is 9. The van der Waals surface area contributed by atoms with E-state index in [1.807, 2.05) is 27.7 Å². The molecule has 2 N–H and O–H groups in total. The molecule has 0 aromatic heterocycles. The zero-order valence-electron chi connectivity index (χ0n) is 11.6. The van der Waals surface area contributed by atoms with Crippen molar-refractivity contribution < 1.29 is 18.3 Å². The molecular weight excluding hydrogens is 254 g/mol. The topological polar surface area (TPSA) is 83.5 Å². The van der Waals surface area contributed by atoms with Crippen LogP contribution in [0.2, 0.25) is 0 Å². The predicted octanol–water partition coefficient (Wildman–Crippen LogP) is 1.70. The van der Waals surface area contributed by atoms with Crippen LogP contribution < -0.4 is 4.72 Å². The molecular formula is C12H25NO4S. The highest BCUT2D eigenvalue weighted by Gasteiger charge is 2.21. The number of aliphatic carboxylic acids is 1. The van der Waals surface area contributed by atoms with E-state index in [-0.39, 0.29) is 18.2 Å².